The molecule has 0 saturated carbocycles. The van der Waals surface area contributed by atoms with Gasteiger partial charge in [0.15, 0.2) is 0 Å². The number of rotatable bonds is 4. The van der Waals surface area contributed by atoms with Crippen LogP contribution >= 0.6 is 15.9 Å². The monoisotopic (exact) mass is 324 g/mol. The SMILES string of the molecule is COc1ccc(COc2ccc(C)cc2Br)c(F)c1. The average molecular weight is 325 g/mol. The van der Waals surface area contributed by atoms with Crippen molar-refractivity contribution in [3.8, 4) is 11.5 Å². The van der Waals surface area contributed by atoms with E-state index >= 15 is 0 Å². The van der Waals surface area contributed by atoms with Crippen LogP contribution < -0.4 is 9.47 Å². The second kappa shape index (κ2) is 6.06. The number of benzene rings is 2. The van der Waals surface area contributed by atoms with Crippen molar-refractivity contribution < 1.29 is 13.9 Å². The molecule has 0 aromatic heterocycles. The highest BCUT2D eigenvalue weighted by Crippen LogP contribution is 2.27. The molecular formula is C15H14BrFO2. The fourth-order valence-electron chi connectivity index (χ4n) is 1.65. The number of methoxy groups -OCH3 is 1. The Hall–Kier alpha value is -1.55. The second-order valence-corrected chi connectivity index (χ2v) is 5.03. The number of aryl methyl sites for hydroxylation is 1. The van der Waals surface area contributed by atoms with Crippen LogP contribution in [0.15, 0.2) is 40.9 Å². The Morgan fingerprint density at radius 3 is 2.58 bits per heavy atom. The highest BCUT2D eigenvalue weighted by molar-refractivity contribution is 9.10. The first-order valence-electron chi connectivity index (χ1n) is 5.81. The highest BCUT2D eigenvalue weighted by atomic mass is 79.9. The van der Waals surface area contributed by atoms with Crippen molar-refractivity contribution in [1.82, 2.24) is 0 Å². The van der Waals surface area contributed by atoms with Crippen molar-refractivity contribution in [3.05, 3.63) is 57.8 Å². The minimum Gasteiger partial charge on any atom is -0.497 e. The van der Waals surface area contributed by atoms with Crippen molar-refractivity contribution in [1.29, 1.82) is 0 Å². The largest absolute Gasteiger partial charge is 0.497 e. The summed E-state index contributed by atoms with van der Waals surface area (Å²) in [6, 6.07) is 10.5. The van der Waals surface area contributed by atoms with Gasteiger partial charge in [-0.05, 0) is 52.7 Å². The predicted octanol–water partition coefficient (Wildman–Crippen LogP) is 4.48. The van der Waals surface area contributed by atoms with Crippen molar-refractivity contribution in [2.75, 3.05) is 7.11 Å². The summed E-state index contributed by atoms with van der Waals surface area (Å²) in [5.74, 6) is 0.862. The van der Waals surface area contributed by atoms with E-state index in [1.165, 1.54) is 13.2 Å². The lowest BCUT2D eigenvalue weighted by atomic mass is 10.2. The fraction of sp³-hybridized carbons (Fsp3) is 0.200. The van der Waals surface area contributed by atoms with Gasteiger partial charge in [-0.25, -0.2) is 4.39 Å². The molecule has 4 heteroatoms. The molecule has 0 fully saturated rings. The molecule has 0 aliphatic rings. The van der Waals surface area contributed by atoms with Gasteiger partial charge >= 0.3 is 0 Å². The number of hydrogen-bond donors (Lipinski definition) is 0. The molecule has 19 heavy (non-hydrogen) atoms. The molecular weight excluding hydrogens is 311 g/mol. The molecule has 100 valence electrons. The molecule has 0 N–H and O–H groups in total. The lowest BCUT2D eigenvalue weighted by Gasteiger charge is -2.10. The molecule has 0 saturated heterocycles. The highest BCUT2D eigenvalue weighted by Gasteiger charge is 2.06. The van der Waals surface area contributed by atoms with Crippen molar-refractivity contribution in [3.63, 3.8) is 0 Å². The molecule has 0 bridgehead atoms. The van der Waals surface area contributed by atoms with Crippen LogP contribution in [0.1, 0.15) is 11.1 Å². The van der Waals surface area contributed by atoms with Crippen LogP contribution in [-0.2, 0) is 6.61 Å². The maximum Gasteiger partial charge on any atom is 0.134 e. The summed E-state index contributed by atoms with van der Waals surface area (Å²) in [5.41, 5.74) is 1.63. The first kappa shape index (κ1) is 13.9. The molecule has 0 aliphatic carbocycles. The van der Waals surface area contributed by atoms with Gasteiger partial charge in [0, 0.05) is 11.6 Å². The van der Waals surface area contributed by atoms with Crippen LogP contribution in [0, 0.1) is 12.7 Å². The van der Waals surface area contributed by atoms with E-state index in [9.17, 15) is 4.39 Å². The minimum atomic E-state index is -0.331. The van der Waals surface area contributed by atoms with Gasteiger partial charge < -0.3 is 9.47 Å². The summed E-state index contributed by atoms with van der Waals surface area (Å²) in [7, 11) is 1.51. The summed E-state index contributed by atoms with van der Waals surface area (Å²) in [6.45, 7) is 2.18. The Labute approximate surface area is 120 Å². The Kier molecular flexibility index (Phi) is 4.43. The molecule has 0 spiro atoms. The molecule has 2 aromatic carbocycles. The van der Waals surface area contributed by atoms with Crippen LogP contribution in [0.3, 0.4) is 0 Å². The normalized spacial score (nSPS) is 10.3. The van der Waals surface area contributed by atoms with E-state index in [0.717, 1.165) is 10.0 Å². The van der Waals surface area contributed by atoms with Gasteiger partial charge in [-0.2, -0.15) is 0 Å². The average Bonchev–Trinajstić information content (AvgIpc) is 2.39. The van der Waals surface area contributed by atoms with Crippen LogP contribution in [-0.4, -0.2) is 7.11 Å². The van der Waals surface area contributed by atoms with Gasteiger partial charge in [0.05, 0.1) is 11.6 Å². The van der Waals surface area contributed by atoms with Gasteiger partial charge in [-0.1, -0.05) is 6.07 Å². The topological polar surface area (TPSA) is 18.5 Å². The van der Waals surface area contributed by atoms with Crippen molar-refractivity contribution in [2.24, 2.45) is 0 Å². The molecule has 0 aliphatic heterocycles. The van der Waals surface area contributed by atoms with E-state index in [4.69, 9.17) is 9.47 Å². The summed E-state index contributed by atoms with van der Waals surface area (Å²) in [6.07, 6.45) is 0. The van der Waals surface area contributed by atoms with Gasteiger partial charge in [0.1, 0.15) is 23.9 Å². The van der Waals surface area contributed by atoms with Crippen LogP contribution in [0.2, 0.25) is 0 Å². The quantitative estimate of drug-likeness (QED) is 0.825. The van der Waals surface area contributed by atoms with Crippen molar-refractivity contribution >= 4 is 15.9 Å². The van der Waals surface area contributed by atoms with E-state index in [0.29, 0.717) is 17.1 Å². The third kappa shape index (κ3) is 3.47. The molecule has 0 amide bonds. The second-order valence-electron chi connectivity index (χ2n) is 4.18. The molecule has 0 unspecified atom stereocenters. The molecule has 0 atom stereocenters. The Morgan fingerprint density at radius 2 is 1.95 bits per heavy atom. The van der Waals surface area contributed by atoms with E-state index in [1.54, 1.807) is 12.1 Å². The minimum absolute atomic E-state index is 0.178. The zero-order chi connectivity index (χ0) is 13.8. The fourth-order valence-corrected chi connectivity index (χ4v) is 2.26. The number of hydrogen-bond acceptors (Lipinski definition) is 2. The zero-order valence-corrected chi connectivity index (χ0v) is 12.3. The molecule has 2 aromatic rings. The third-order valence-electron chi connectivity index (χ3n) is 2.73. The maximum absolute atomic E-state index is 13.7. The van der Waals surface area contributed by atoms with Gasteiger partial charge in [-0.15, -0.1) is 0 Å². The van der Waals surface area contributed by atoms with Gasteiger partial charge in [0.2, 0.25) is 0 Å². The summed E-state index contributed by atoms with van der Waals surface area (Å²) in [5, 5.41) is 0. The molecule has 0 radical (unpaired) electrons. The van der Waals surface area contributed by atoms with E-state index < -0.39 is 0 Å². The first-order chi connectivity index (χ1) is 9.10. The van der Waals surface area contributed by atoms with Crippen molar-refractivity contribution in [2.45, 2.75) is 13.5 Å². The summed E-state index contributed by atoms with van der Waals surface area (Å²) < 4.78 is 25.2. The lowest BCUT2D eigenvalue weighted by molar-refractivity contribution is 0.297. The standard InChI is InChI=1S/C15H14BrFO2/c1-10-3-6-15(13(16)7-10)19-9-11-4-5-12(18-2)8-14(11)17/h3-8H,9H2,1-2H3. The summed E-state index contributed by atoms with van der Waals surface area (Å²) >= 11 is 3.42. The van der Waals surface area contributed by atoms with Gasteiger partial charge in [-0.3, -0.25) is 0 Å². The van der Waals surface area contributed by atoms with E-state index in [-0.39, 0.29) is 12.4 Å². The number of halogens is 2. The van der Waals surface area contributed by atoms with E-state index in [2.05, 4.69) is 15.9 Å². The lowest BCUT2D eigenvalue weighted by Crippen LogP contribution is -1.99. The van der Waals surface area contributed by atoms with Crippen LogP contribution in [0.25, 0.3) is 0 Å². The van der Waals surface area contributed by atoms with Gasteiger partial charge in [0.25, 0.3) is 0 Å². The molecule has 0 heterocycles. The zero-order valence-electron chi connectivity index (χ0n) is 10.7. The molecule has 2 nitrogen and oxygen atoms in total. The summed E-state index contributed by atoms with van der Waals surface area (Å²) in [4.78, 5) is 0. The van der Waals surface area contributed by atoms with Crippen LogP contribution in [0.5, 0.6) is 11.5 Å². The van der Waals surface area contributed by atoms with Crippen LogP contribution in [0.4, 0.5) is 4.39 Å². The third-order valence-corrected chi connectivity index (χ3v) is 3.35. The predicted molar refractivity (Wildman–Crippen MR) is 76.2 cm³/mol. The Bertz CT molecular complexity index is 584. The number of ether oxygens (including phenoxy) is 2. The first-order valence-corrected chi connectivity index (χ1v) is 6.61. The Morgan fingerprint density at radius 1 is 1.16 bits per heavy atom. The Balaban J connectivity index is 2.10. The maximum atomic E-state index is 13.7. The molecule has 2 rings (SSSR count). The smallest absolute Gasteiger partial charge is 0.134 e. The van der Waals surface area contributed by atoms with E-state index in [1.807, 2.05) is 25.1 Å².